The Bertz CT molecular complexity index is 1060. The monoisotopic (exact) mass is 349 g/mol. The van der Waals surface area contributed by atoms with Gasteiger partial charge >= 0.3 is 0 Å². The maximum Gasteiger partial charge on any atom is 0.287 e. The molecular formula is C20H19N3O3. The minimum Gasteiger partial charge on any atom is -0.494 e. The molecule has 1 amide bonds. The molecule has 26 heavy (non-hydrogen) atoms. The molecule has 2 aromatic carbocycles. The lowest BCUT2D eigenvalue weighted by Crippen LogP contribution is -2.23. The third-order valence-corrected chi connectivity index (χ3v) is 4.28. The van der Waals surface area contributed by atoms with Gasteiger partial charge in [-0.2, -0.15) is 0 Å². The van der Waals surface area contributed by atoms with Crippen LogP contribution in [-0.2, 0) is 6.54 Å². The van der Waals surface area contributed by atoms with Crippen molar-refractivity contribution in [1.29, 1.82) is 0 Å². The fourth-order valence-electron chi connectivity index (χ4n) is 3.01. The fraction of sp³-hybridized carbons (Fsp3) is 0.200. The van der Waals surface area contributed by atoms with E-state index in [2.05, 4.69) is 15.3 Å². The van der Waals surface area contributed by atoms with Crippen molar-refractivity contribution in [1.82, 2.24) is 15.3 Å². The molecule has 0 aliphatic rings. The van der Waals surface area contributed by atoms with Crippen LogP contribution in [0.5, 0.6) is 5.75 Å². The van der Waals surface area contributed by atoms with Gasteiger partial charge in [0.25, 0.3) is 5.91 Å². The number of imidazole rings is 1. The number of aromatic amines is 1. The van der Waals surface area contributed by atoms with Crippen molar-refractivity contribution < 1.29 is 13.9 Å². The number of hydrogen-bond donors (Lipinski definition) is 2. The topological polar surface area (TPSA) is 80.2 Å². The zero-order valence-electron chi connectivity index (χ0n) is 14.6. The number of fused-ring (bicyclic) bond motifs is 2. The number of ether oxygens (including phenoxy) is 1. The van der Waals surface area contributed by atoms with Crippen LogP contribution < -0.4 is 10.1 Å². The van der Waals surface area contributed by atoms with Crippen molar-refractivity contribution in [3.05, 3.63) is 59.6 Å². The zero-order chi connectivity index (χ0) is 18.1. The average molecular weight is 349 g/mol. The van der Waals surface area contributed by atoms with Crippen LogP contribution in [0.15, 0.2) is 46.9 Å². The number of furan rings is 1. The summed E-state index contributed by atoms with van der Waals surface area (Å²) in [4.78, 5) is 20.2. The molecular weight excluding hydrogens is 330 g/mol. The van der Waals surface area contributed by atoms with Crippen LogP contribution in [0.2, 0.25) is 0 Å². The smallest absolute Gasteiger partial charge is 0.287 e. The second kappa shape index (κ2) is 6.55. The Labute approximate surface area is 150 Å². The van der Waals surface area contributed by atoms with Crippen LogP contribution in [0, 0.1) is 6.92 Å². The van der Waals surface area contributed by atoms with E-state index in [1.165, 1.54) is 0 Å². The second-order valence-corrected chi connectivity index (χ2v) is 6.03. The van der Waals surface area contributed by atoms with Crippen LogP contribution in [0.25, 0.3) is 22.0 Å². The first-order valence-electron chi connectivity index (χ1n) is 8.53. The standard InChI is InChI=1S/C20H19N3O3/c1-3-25-13-8-9-17-14(10-13)12(2)19(26-17)20(24)21-11-18-22-15-6-4-5-7-16(15)23-18/h4-10H,3,11H2,1-2H3,(H,21,24)(H,22,23). The van der Waals surface area contributed by atoms with Gasteiger partial charge in [-0.05, 0) is 44.2 Å². The molecule has 0 spiro atoms. The molecule has 0 saturated carbocycles. The molecule has 132 valence electrons. The van der Waals surface area contributed by atoms with Gasteiger partial charge in [0.05, 0.1) is 24.2 Å². The van der Waals surface area contributed by atoms with Gasteiger partial charge in [0.2, 0.25) is 0 Å². The second-order valence-electron chi connectivity index (χ2n) is 6.03. The first kappa shape index (κ1) is 16.2. The van der Waals surface area contributed by atoms with Gasteiger partial charge in [-0.1, -0.05) is 12.1 Å². The number of carbonyl (C=O) groups is 1. The highest BCUT2D eigenvalue weighted by Crippen LogP contribution is 2.29. The van der Waals surface area contributed by atoms with Crippen molar-refractivity contribution in [3.8, 4) is 5.75 Å². The number of hydrogen-bond acceptors (Lipinski definition) is 4. The molecule has 0 atom stereocenters. The minimum absolute atomic E-state index is 0.267. The van der Waals surface area contributed by atoms with Crippen molar-refractivity contribution in [3.63, 3.8) is 0 Å². The molecule has 0 unspecified atom stereocenters. The average Bonchev–Trinajstić information content (AvgIpc) is 3.21. The molecule has 2 heterocycles. The van der Waals surface area contributed by atoms with Gasteiger partial charge in [-0.25, -0.2) is 4.98 Å². The van der Waals surface area contributed by atoms with Crippen LogP contribution in [-0.4, -0.2) is 22.5 Å². The Hall–Kier alpha value is -3.28. The van der Waals surface area contributed by atoms with Crippen LogP contribution in [0.1, 0.15) is 28.9 Å². The summed E-state index contributed by atoms with van der Waals surface area (Å²) in [6.45, 7) is 4.70. The predicted molar refractivity (Wildman–Crippen MR) is 99.4 cm³/mol. The molecule has 0 aliphatic carbocycles. The Morgan fingerprint density at radius 1 is 1.27 bits per heavy atom. The molecule has 0 radical (unpaired) electrons. The number of nitrogens with zero attached hydrogens (tertiary/aromatic N) is 1. The number of H-pyrrole nitrogens is 1. The summed E-state index contributed by atoms with van der Waals surface area (Å²) in [5.74, 6) is 1.51. The summed E-state index contributed by atoms with van der Waals surface area (Å²) in [5.41, 5.74) is 3.28. The molecule has 2 aromatic heterocycles. The van der Waals surface area contributed by atoms with Crippen LogP contribution in [0.3, 0.4) is 0 Å². The van der Waals surface area contributed by atoms with E-state index in [0.29, 0.717) is 30.3 Å². The van der Waals surface area contributed by atoms with E-state index in [1.807, 2.05) is 56.3 Å². The third-order valence-electron chi connectivity index (χ3n) is 4.28. The van der Waals surface area contributed by atoms with Crippen molar-refractivity contribution in [2.45, 2.75) is 20.4 Å². The molecule has 4 rings (SSSR count). The number of para-hydroxylation sites is 2. The largest absolute Gasteiger partial charge is 0.494 e. The number of aromatic nitrogens is 2. The molecule has 4 aromatic rings. The first-order valence-corrected chi connectivity index (χ1v) is 8.53. The fourth-order valence-corrected chi connectivity index (χ4v) is 3.01. The first-order chi connectivity index (χ1) is 12.7. The predicted octanol–water partition coefficient (Wildman–Crippen LogP) is 3.95. The normalized spacial score (nSPS) is 11.2. The van der Waals surface area contributed by atoms with Gasteiger partial charge in [0.1, 0.15) is 17.2 Å². The zero-order valence-corrected chi connectivity index (χ0v) is 14.6. The Kier molecular flexibility index (Phi) is 4.08. The molecule has 0 fully saturated rings. The lowest BCUT2D eigenvalue weighted by atomic mass is 10.1. The number of benzene rings is 2. The van der Waals surface area contributed by atoms with Gasteiger partial charge in [0.15, 0.2) is 5.76 Å². The van der Waals surface area contributed by atoms with E-state index in [0.717, 1.165) is 27.7 Å². The summed E-state index contributed by atoms with van der Waals surface area (Å²) in [7, 11) is 0. The third kappa shape index (κ3) is 2.90. The summed E-state index contributed by atoms with van der Waals surface area (Å²) in [6, 6.07) is 13.3. The molecule has 2 N–H and O–H groups in total. The van der Waals surface area contributed by atoms with E-state index in [1.54, 1.807) is 0 Å². The number of rotatable bonds is 5. The Balaban J connectivity index is 1.54. The maximum absolute atomic E-state index is 12.6. The Morgan fingerprint density at radius 2 is 2.12 bits per heavy atom. The summed E-state index contributed by atoms with van der Waals surface area (Å²) in [5, 5.41) is 3.74. The van der Waals surface area contributed by atoms with Crippen LogP contribution >= 0.6 is 0 Å². The molecule has 6 nitrogen and oxygen atoms in total. The molecule has 6 heteroatoms. The van der Waals surface area contributed by atoms with Gasteiger partial charge in [0, 0.05) is 10.9 Å². The lowest BCUT2D eigenvalue weighted by molar-refractivity contribution is 0.0923. The van der Waals surface area contributed by atoms with E-state index in [-0.39, 0.29) is 5.91 Å². The number of aryl methyl sites for hydroxylation is 1. The van der Waals surface area contributed by atoms with Crippen molar-refractivity contribution in [2.75, 3.05) is 6.61 Å². The van der Waals surface area contributed by atoms with Gasteiger partial charge in [-0.3, -0.25) is 4.79 Å². The van der Waals surface area contributed by atoms with Crippen molar-refractivity contribution >= 4 is 27.9 Å². The van der Waals surface area contributed by atoms with Gasteiger partial charge in [-0.15, -0.1) is 0 Å². The number of amides is 1. The summed E-state index contributed by atoms with van der Waals surface area (Å²) < 4.78 is 11.3. The Morgan fingerprint density at radius 3 is 2.92 bits per heavy atom. The number of carbonyl (C=O) groups excluding carboxylic acids is 1. The highest BCUT2D eigenvalue weighted by Gasteiger charge is 2.18. The lowest BCUT2D eigenvalue weighted by Gasteiger charge is -2.02. The minimum atomic E-state index is -0.267. The maximum atomic E-state index is 12.6. The summed E-state index contributed by atoms with van der Waals surface area (Å²) >= 11 is 0. The van der Waals surface area contributed by atoms with E-state index in [9.17, 15) is 4.79 Å². The van der Waals surface area contributed by atoms with Gasteiger partial charge < -0.3 is 19.5 Å². The van der Waals surface area contributed by atoms with E-state index in [4.69, 9.17) is 9.15 Å². The van der Waals surface area contributed by atoms with E-state index >= 15 is 0 Å². The highest BCUT2D eigenvalue weighted by molar-refractivity contribution is 5.99. The van der Waals surface area contributed by atoms with Crippen LogP contribution in [0.4, 0.5) is 0 Å². The van der Waals surface area contributed by atoms with Crippen molar-refractivity contribution in [2.24, 2.45) is 0 Å². The molecule has 0 aliphatic heterocycles. The molecule has 0 saturated heterocycles. The quantitative estimate of drug-likeness (QED) is 0.572. The molecule has 0 bridgehead atoms. The summed E-state index contributed by atoms with van der Waals surface area (Å²) in [6.07, 6.45) is 0. The SMILES string of the molecule is CCOc1ccc2oc(C(=O)NCc3nc4ccccc4[nH]3)c(C)c2c1. The number of nitrogens with one attached hydrogen (secondary N) is 2. The highest BCUT2D eigenvalue weighted by atomic mass is 16.5. The van der Waals surface area contributed by atoms with E-state index < -0.39 is 0 Å².